The van der Waals surface area contributed by atoms with Crippen LogP contribution < -0.4 is 11.5 Å². The van der Waals surface area contributed by atoms with Gasteiger partial charge < -0.3 is 11.5 Å². The molecule has 3 nitrogen and oxygen atoms in total. The molecular formula is C18H33N2OS+. The fourth-order valence-corrected chi connectivity index (χ4v) is 2.82. The van der Waals surface area contributed by atoms with Crippen molar-refractivity contribution in [3.05, 3.63) is 34.9 Å². The van der Waals surface area contributed by atoms with Gasteiger partial charge in [-0.05, 0) is 53.4 Å². The summed E-state index contributed by atoms with van der Waals surface area (Å²) in [6.45, 7) is 8.67. The maximum absolute atomic E-state index is 10.9. The fraction of sp³-hybridized carbons (Fsp3) is 0.611. The zero-order valence-electron chi connectivity index (χ0n) is 14.7. The SMILES string of the molecule is CC(C)=CCC/C(C)=C/CC/C(C)=C/CSCC([NH3+])C(N)=O. The minimum atomic E-state index is -0.318. The maximum Gasteiger partial charge on any atom is 0.276 e. The van der Waals surface area contributed by atoms with E-state index in [-0.39, 0.29) is 11.9 Å². The van der Waals surface area contributed by atoms with Crippen molar-refractivity contribution in [2.24, 2.45) is 5.73 Å². The molecule has 1 amide bonds. The van der Waals surface area contributed by atoms with Gasteiger partial charge in [0.15, 0.2) is 6.04 Å². The highest BCUT2D eigenvalue weighted by atomic mass is 32.2. The minimum Gasteiger partial charge on any atom is -0.364 e. The van der Waals surface area contributed by atoms with Crippen molar-refractivity contribution < 1.29 is 10.5 Å². The molecule has 0 spiro atoms. The van der Waals surface area contributed by atoms with E-state index in [2.05, 4.69) is 51.7 Å². The molecule has 1 unspecified atom stereocenters. The molecule has 0 aromatic carbocycles. The molecule has 0 rings (SSSR count). The highest BCUT2D eigenvalue weighted by molar-refractivity contribution is 7.99. The molecule has 4 heteroatoms. The van der Waals surface area contributed by atoms with E-state index < -0.39 is 0 Å². The Morgan fingerprint density at radius 1 is 1.05 bits per heavy atom. The Morgan fingerprint density at radius 2 is 1.59 bits per heavy atom. The van der Waals surface area contributed by atoms with Crippen molar-refractivity contribution in [3.8, 4) is 0 Å². The molecule has 0 heterocycles. The second kappa shape index (κ2) is 12.5. The Bertz CT molecular complexity index is 421. The van der Waals surface area contributed by atoms with Crippen LogP contribution in [0.4, 0.5) is 0 Å². The summed E-state index contributed by atoms with van der Waals surface area (Å²) in [6, 6.07) is -0.287. The first kappa shape index (κ1) is 21.0. The van der Waals surface area contributed by atoms with Gasteiger partial charge in [-0.15, -0.1) is 0 Å². The zero-order valence-corrected chi connectivity index (χ0v) is 15.5. The van der Waals surface area contributed by atoms with Gasteiger partial charge in [0, 0.05) is 5.75 Å². The summed E-state index contributed by atoms with van der Waals surface area (Å²) in [5.41, 5.74) is 13.2. The quantitative estimate of drug-likeness (QED) is 0.452. The van der Waals surface area contributed by atoms with Gasteiger partial charge in [-0.25, -0.2) is 0 Å². The molecule has 0 fully saturated rings. The number of rotatable bonds is 11. The lowest BCUT2D eigenvalue weighted by Gasteiger charge is -2.03. The molecule has 0 aliphatic heterocycles. The Morgan fingerprint density at radius 3 is 2.14 bits per heavy atom. The Labute approximate surface area is 140 Å². The Kier molecular flexibility index (Phi) is 12.0. The van der Waals surface area contributed by atoms with Gasteiger partial charge in [-0.1, -0.05) is 34.9 Å². The van der Waals surface area contributed by atoms with E-state index in [1.807, 2.05) is 0 Å². The van der Waals surface area contributed by atoms with Gasteiger partial charge in [-0.2, -0.15) is 11.8 Å². The fourth-order valence-electron chi connectivity index (χ4n) is 1.83. The number of allylic oxidation sites excluding steroid dienone is 5. The number of hydrogen-bond acceptors (Lipinski definition) is 2. The van der Waals surface area contributed by atoms with Crippen molar-refractivity contribution >= 4 is 17.7 Å². The lowest BCUT2D eigenvalue weighted by molar-refractivity contribution is -0.395. The van der Waals surface area contributed by atoms with Crippen LogP contribution in [-0.2, 0) is 4.79 Å². The van der Waals surface area contributed by atoms with Crippen molar-refractivity contribution in [1.29, 1.82) is 0 Å². The number of primary amides is 1. The third-order valence-electron chi connectivity index (χ3n) is 3.39. The summed E-state index contributed by atoms with van der Waals surface area (Å²) in [5.74, 6) is 1.30. The first-order valence-electron chi connectivity index (χ1n) is 7.97. The van der Waals surface area contributed by atoms with Crippen molar-refractivity contribution in [2.45, 2.75) is 59.4 Å². The zero-order chi connectivity index (χ0) is 17.0. The highest BCUT2D eigenvalue weighted by Crippen LogP contribution is 2.12. The maximum atomic E-state index is 10.9. The topological polar surface area (TPSA) is 70.7 Å². The monoisotopic (exact) mass is 325 g/mol. The predicted octanol–water partition coefficient (Wildman–Crippen LogP) is 3.23. The Hall–Kier alpha value is -1.00. The predicted molar refractivity (Wildman–Crippen MR) is 98.6 cm³/mol. The molecule has 0 aromatic heterocycles. The van der Waals surface area contributed by atoms with Gasteiger partial charge in [-0.3, -0.25) is 4.79 Å². The van der Waals surface area contributed by atoms with E-state index in [1.165, 1.54) is 16.7 Å². The lowest BCUT2D eigenvalue weighted by atomic mass is 10.1. The number of nitrogens with two attached hydrogens (primary N) is 1. The molecule has 0 aliphatic carbocycles. The standard InChI is InChI=1S/C18H32N2OS/c1-14(2)7-5-8-15(3)9-6-10-16(4)11-12-22-13-17(19)18(20)21/h7,9,11,17H,5-6,8,10,12-13,19H2,1-4H3,(H2,20,21)/p+1/b15-9+,16-11+. The van der Waals surface area contributed by atoms with Crippen LogP contribution in [0.1, 0.15) is 53.4 Å². The van der Waals surface area contributed by atoms with E-state index in [4.69, 9.17) is 5.73 Å². The van der Waals surface area contributed by atoms with Crippen LogP contribution in [0.25, 0.3) is 0 Å². The van der Waals surface area contributed by atoms with E-state index in [1.54, 1.807) is 11.8 Å². The first-order chi connectivity index (χ1) is 10.3. The molecule has 0 saturated carbocycles. The van der Waals surface area contributed by atoms with E-state index in [9.17, 15) is 4.79 Å². The summed E-state index contributed by atoms with van der Waals surface area (Å²) < 4.78 is 0. The van der Waals surface area contributed by atoms with Crippen LogP contribution in [-0.4, -0.2) is 23.5 Å². The summed E-state index contributed by atoms with van der Waals surface area (Å²) in [7, 11) is 0. The first-order valence-corrected chi connectivity index (χ1v) is 9.13. The van der Waals surface area contributed by atoms with Crippen LogP contribution in [0.3, 0.4) is 0 Å². The van der Waals surface area contributed by atoms with Gasteiger partial charge in [0.2, 0.25) is 0 Å². The van der Waals surface area contributed by atoms with Gasteiger partial charge in [0.1, 0.15) is 0 Å². The Balaban J connectivity index is 3.87. The van der Waals surface area contributed by atoms with Crippen molar-refractivity contribution in [1.82, 2.24) is 0 Å². The van der Waals surface area contributed by atoms with Crippen LogP contribution in [0.15, 0.2) is 34.9 Å². The molecule has 0 radical (unpaired) electrons. The number of carbonyl (C=O) groups excluding carboxylic acids is 1. The van der Waals surface area contributed by atoms with Crippen LogP contribution >= 0.6 is 11.8 Å². The number of quaternary nitrogens is 1. The van der Waals surface area contributed by atoms with E-state index in [0.29, 0.717) is 5.75 Å². The second-order valence-electron chi connectivity index (χ2n) is 6.10. The van der Waals surface area contributed by atoms with Gasteiger partial charge >= 0.3 is 0 Å². The molecule has 5 N–H and O–H groups in total. The summed E-state index contributed by atoms with van der Waals surface area (Å²) in [5, 5.41) is 0. The molecule has 0 aromatic rings. The molecule has 0 aliphatic rings. The van der Waals surface area contributed by atoms with Crippen LogP contribution in [0.2, 0.25) is 0 Å². The normalized spacial score (nSPS) is 13.9. The summed E-state index contributed by atoms with van der Waals surface area (Å²) in [4.78, 5) is 10.9. The molecule has 126 valence electrons. The highest BCUT2D eigenvalue weighted by Gasteiger charge is 2.11. The number of hydrogen-bond donors (Lipinski definition) is 2. The van der Waals surface area contributed by atoms with E-state index >= 15 is 0 Å². The summed E-state index contributed by atoms with van der Waals surface area (Å²) >= 11 is 1.71. The van der Waals surface area contributed by atoms with Crippen LogP contribution in [0.5, 0.6) is 0 Å². The van der Waals surface area contributed by atoms with Gasteiger partial charge in [0.05, 0.1) is 5.75 Å². The molecular weight excluding hydrogens is 292 g/mol. The smallest absolute Gasteiger partial charge is 0.276 e. The largest absolute Gasteiger partial charge is 0.364 e. The number of thioether (sulfide) groups is 1. The molecule has 0 saturated heterocycles. The number of carbonyl (C=O) groups is 1. The molecule has 1 atom stereocenters. The van der Waals surface area contributed by atoms with Gasteiger partial charge in [0.25, 0.3) is 5.91 Å². The van der Waals surface area contributed by atoms with Crippen molar-refractivity contribution in [2.75, 3.05) is 11.5 Å². The van der Waals surface area contributed by atoms with Crippen LogP contribution in [0, 0.1) is 0 Å². The lowest BCUT2D eigenvalue weighted by Crippen LogP contribution is -2.68. The third kappa shape index (κ3) is 12.7. The average Bonchev–Trinajstić information content (AvgIpc) is 2.42. The third-order valence-corrected chi connectivity index (χ3v) is 4.43. The van der Waals surface area contributed by atoms with Crippen molar-refractivity contribution in [3.63, 3.8) is 0 Å². The molecule has 0 bridgehead atoms. The number of amides is 1. The molecule has 22 heavy (non-hydrogen) atoms. The average molecular weight is 326 g/mol. The summed E-state index contributed by atoms with van der Waals surface area (Å²) in [6.07, 6.45) is 11.4. The minimum absolute atomic E-state index is 0.287. The second-order valence-corrected chi connectivity index (χ2v) is 7.17. The van der Waals surface area contributed by atoms with E-state index in [0.717, 1.165) is 31.4 Å².